The van der Waals surface area contributed by atoms with Crippen molar-refractivity contribution in [2.75, 3.05) is 31.9 Å². The molecule has 2 aliphatic heterocycles. The van der Waals surface area contributed by atoms with Gasteiger partial charge in [0.25, 0.3) is 0 Å². The van der Waals surface area contributed by atoms with Crippen molar-refractivity contribution in [2.45, 2.75) is 31.6 Å². The number of nitrogens with zero attached hydrogens (tertiary/aromatic N) is 1. The molecule has 0 radical (unpaired) electrons. The van der Waals surface area contributed by atoms with Crippen molar-refractivity contribution in [1.82, 2.24) is 10.2 Å². The van der Waals surface area contributed by atoms with Gasteiger partial charge in [0.15, 0.2) is 0 Å². The number of nitrogens with one attached hydrogen (secondary N) is 1. The lowest BCUT2D eigenvalue weighted by Gasteiger charge is -2.41. The van der Waals surface area contributed by atoms with Crippen LogP contribution in [0.2, 0.25) is 0 Å². The summed E-state index contributed by atoms with van der Waals surface area (Å²) in [5.74, 6) is 2.13. The summed E-state index contributed by atoms with van der Waals surface area (Å²) in [5.41, 5.74) is 0. The molecular formula is C11H22N2S. The van der Waals surface area contributed by atoms with Crippen molar-refractivity contribution in [3.05, 3.63) is 0 Å². The minimum Gasteiger partial charge on any atom is -0.314 e. The third-order valence-electron chi connectivity index (χ3n) is 3.22. The van der Waals surface area contributed by atoms with Crippen molar-refractivity contribution < 1.29 is 0 Å². The molecule has 0 aromatic carbocycles. The molecule has 2 heterocycles. The first-order valence-corrected chi connectivity index (χ1v) is 6.81. The minimum absolute atomic E-state index is 0.461. The summed E-state index contributed by atoms with van der Waals surface area (Å²) in [6.45, 7) is 9.64. The van der Waals surface area contributed by atoms with Gasteiger partial charge in [0.1, 0.15) is 0 Å². The van der Waals surface area contributed by atoms with Crippen molar-refractivity contribution in [3.63, 3.8) is 0 Å². The molecule has 2 rings (SSSR count). The molecule has 2 fully saturated rings. The van der Waals surface area contributed by atoms with Crippen LogP contribution in [-0.2, 0) is 0 Å². The van der Waals surface area contributed by atoms with E-state index in [2.05, 4.69) is 35.8 Å². The third kappa shape index (κ3) is 2.10. The standard InChI is InChI=1S/C11H22N2S/c1-10(2)8-13-6-7-14-11(13)4-3-5-12-9-11/h10,12H,3-9H2,1-2H3. The first-order valence-electron chi connectivity index (χ1n) is 5.83. The van der Waals surface area contributed by atoms with Gasteiger partial charge in [0.2, 0.25) is 0 Å². The highest BCUT2D eigenvalue weighted by Crippen LogP contribution is 2.40. The Bertz CT molecular complexity index is 188. The van der Waals surface area contributed by atoms with Crippen molar-refractivity contribution in [2.24, 2.45) is 5.92 Å². The summed E-state index contributed by atoms with van der Waals surface area (Å²) in [5, 5.41) is 3.56. The van der Waals surface area contributed by atoms with E-state index < -0.39 is 0 Å². The Labute approximate surface area is 91.8 Å². The third-order valence-corrected chi connectivity index (χ3v) is 4.75. The number of thioether (sulfide) groups is 1. The van der Waals surface area contributed by atoms with Crippen LogP contribution in [0.3, 0.4) is 0 Å². The van der Waals surface area contributed by atoms with Gasteiger partial charge in [-0.1, -0.05) is 13.8 Å². The van der Waals surface area contributed by atoms with Crippen LogP contribution in [0.15, 0.2) is 0 Å². The molecule has 82 valence electrons. The second-order valence-electron chi connectivity index (χ2n) is 4.91. The molecule has 3 heteroatoms. The van der Waals surface area contributed by atoms with Crippen LogP contribution >= 0.6 is 11.8 Å². The molecule has 2 aliphatic rings. The molecule has 2 saturated heterocycles. The predicted octanol–water partition coefficient (Wildman–Crippen LogP) is 1.77. The van der Waals surface area contributed by atoms with Gasteiger partial charge in [-0.2, -0.15) is 0 Å². The first-order chi connectivity index (χ1) is 6.73. The summed E-state index contributed by atoms with van der Waals surface area (Å²) in [4.78, 5) is 3.18. The van der Waals surface area contributed by atoms with Crippen LogP contribution in [0.5, 0.6) is 0 Å². The van der Waals surface area contributed by atoms with Gasteiger partial charge in [0, 0.05) is 25.4 Å². The SMILES string of the molecule is CC(C)CN1CCSC12CCCNC2. The van der Waals surface area contributed by atoms with E-state index >= 15 is 0 Å². The second kappa shape index (κ2) is 4.42. The maximum Gasteiger partial charge on any atom is 0.0797 e. The van der Waals surface area contributed by atoms with Crippen LogP contribution in [0.25, 0.3) is 0 Å². The van der Waals surface area contributed by atoms with E-state index in [1.165, 1.54) is 44.8 Å². The van der Waals surface area contributed by atoms with E-state index in [4.69, 9.17) is 0 Å². The maximum atomic E-state index is 3.56. The van der Waals surface area contributed by atoms with Gasteiger partial charge in [-0.3, -0.25) is 4.90 Å². The topological polar surface area (TPSA) is 15.3 Å². The Kier molecular flexibility index (Phi) is 3.40. The molecule has 1 N–H and O–H groups in total. The Morgan fingerprint density at radius 3 is 3.00 bits per heavy atom. The first kappa shape index (κ1) is 10.8. The average Bonchev–Trinajstić information content (AvgIpc) is 2.50. The zero-order valence-corrected chi connectivity index (χ0v) is 10.2. The molecule has 0 bridgehead atoms. The van der Waals surface area contributed by atoms with Crippen LogP contribution in [0, 0.1) is 5.92 Å². The van der Waals surface area contributed by atoms with Gasteiger partial charge < -0.3 is 5.32 Å². The molecule has 1 spiro atoms. The van der Waals surface area contributed by atoms with Gasteiger partial charge in [-0.15, -0.1) is 11.8 Å². The van der Waals surface area contributed by atoms with Crippen LogP contribution < -0.4 is 5.32 Å². The highest BCUT2D eigenvalue weighted by Gasteiger charge is 2.42. The zero-order chi connectivity index (χ0) is 10.0. The summed E-state index contributed by atoms with van der Waals surface area (Å²) < 4.78 is 0. The fourth-order valence-electron chi connectivity index (χ4n) is 2.59. The average molecular weight is 214 g/mol. The van der Waals surface area contributed by atoms with Gasteiger partial charge >= 0.3 is 0 Å². The lowest BCUT2D eigenvalue weighted by molar-refractivity contribution is 0.144. The fourth-order valence-corrected chi connectivity index (χ4v) is 4.13. The Hall–Kier alpha value is 0.270. The zero-order valence-electron chi connectivity index (χ0n) is 9.38. The molecule has 0 saturated carbocycles. The van der Waals surface area contributed by atoms with E-state index in [9.17, 15) is 0 Å². The van der Waals surface area contributed by atoms with Crippen LogP contribution in [0.1, 0.15) is 26.7 Å². The summed E-state index contributed by atoms with van der Waals surface area (Å²) >= 11 is 2.18. The summed E-state index contributed by atoms with van der Waals surface area (Å²) in [7, 11) is 0. The lowest BCUT2D eigenvalue weighted by Crippen LogP contribution is -2.53. The highest BCUT2D eigenvalue weighted by molar-refractivity contribution is 8.00. The molecule has 1 unspecified atom stereocenters. The Morgan fingerprint density at radius 1 is 1.50 bits per heavy atom. The molecule has 2 nitrogen and oxygen atoms in total. The van der Waals surface area contributed by atoms with E-state index in [0.717, 1.165) is 5.92 Å². The molecule has 1 atom stereocenters. The number of piperidine rings is 1. The Balaban J connectivity index is 2.00. The predicted molar refractivity (Wildman–Crippen MR) is 63.7 cm³/mol. The van der Waals surface area contributed by atoms with Crippen LogP contribution in [0.4, 0.5) is 0 Å². The summed E-state index contributed by atoms with van der Waals surface area (Å²) in [6, 6.07) is 0. The molecule has 0 aromatic heterocycles. The van der Waals surface area contributed by atoms with E-state index in [1.54, 1.807) is 0 Å². The van der Waals surface area contributed by atoms with Crippen molar-refractivity contribution >= 4 is 11.8 Å². The summed E-state index contributed by atoms with van der Waals surface area (Å²) in [6.07, 6.45) is 2.74. The largest absolute Gasteiger partial charge is 0.314 e. The maximum absolute atomic E-state index is 3.56. The van der Waals surface area contributed by atoms with Gasteiger partial charge in [0.05, 0.1) is 4.87 Å². The molecule has 0 amide bonds. The molecule has 0 aromatic rings. The number of hydrogen-bond donors (Lipinski definition) is 1. The Morgan fingerprint density at radius 2 is 2.36 bits per heavy atom. The van der Waals surface area contributed by atoms with Gasteiger partial charge in [-0.25, -0.2) is 0 Å². The smallest absolute Gasteiger partial charge is 0.0797 e. The van der Waals surface area contributed by atoms with Crippen molar-refractivity contribution in [3.8, 4) is 0 Å². The number of hydrogen-bond acceptors (Lipinski definition) is 3. The second-order valence-corrected chi connectivity index (χ2v) is 6.37. The van der Waals surface area contributed by atoms with Crippen molar-refractivity contribution in [1.29, 1.82) is 0 Å². The van der Waals surface area contributed by atoms with E-state index in [-0.39, 0.29) is 0 Å². The van der Waals surface area contributed by atoms with Gasteiger partial charge in [-0.05, 0) is 25.3 Å². The molecule has 14 heavy (non-hydrogen) atoms. The molecular weight excluding hydrogens is 192 g/mol. The molecule has 0 aliphatic carbocycles. The lowest BCUT2D eigenvalue weighted by atomic mass is 10.0. The number of rotatable bonds is 2. The highest BCUT2D eigenvalue weighted by atomic mass is 32.2. The fraction of sp³-hybridized carbons (Fsp3) is 1.00. The van der Waals surface area contributed by atoms with E-state index in [1.807, 2.05) is 0 Å². The van der Waals surface area contributed by atoms with Crippen LogP contribution in [-0.4, -0.2) is 41.7 Å². The van der Waals surface area contributed by atoms with E-state index in [0.29, 0.717) is 4.87 Å². The monoisotopic (exact) mass is 214 g/mol. The quantitative estimate of drug-likeness (QED) is 0.754. The minimum atomic E-state index is 0.461. The normalized spacial score (nSPS) is 34.5.